The van der Waals surface area contributed by atoms with Gasteiger partial charge in [0.2, 0.25) is 5.28 Å². The number of nitrogens with one attached hydrogen (secondary N) is 1. The second-order valence-corrected chi connectivity index (χ2v) is 2.44. The van der Waals surface area contributed by atoms with Crippen LogP contribution in [0, 0.1) is 11.2 Å². The fourth-order valence-corrected chi connectivity index (χ4v) is 0.877. The molecule has 4 nitrogen and oxygen atoms in total. The van der Waals surface area contributed by atoms with Gasteiger partial charge in [0.15, 0.2) is 5.82 Å². The average Bonchev–Trinajstić information content (AvgIpc) is 2.13. The lowest BCUT2D eigenvalue weighted by molar-refractivity contribution is 0.609. The highest BCUT2D eigenvalue weighted by atomic mass is 35.5. The van der Waals surface area contributed by atoms with E-state index < -0.39 is 5.82 Å². The summed E-state index contributed by atoms with van der Waals surface area (Å²) in [5.41, 5.74) is 5.23. The van der Waals surface area contributed by atoms with Crippen LogP contribution in [0.3, 0.4) is 0 Å². The van der Waals surface area contributed by atoms with E-state index in [1.54, 1.807) is 0 Å². The predicted octanol–water partition coefficient (Wildman–Crippen LogP) is 1.22. The van der Waals surface area contributed by atoms with Gasteiger partial charge in [0.25, 0.3) is 0 Å². The number of nitrogens with zero attached hydrogens (tertiary/aromatic N) is 2. The maximum atomic E-state index is 13.0. The summed E-state index contributed by atoms with van der Waals surface area (Å²) >= 11 is 5.44. The zero-order valence-electron chi connectivity index (χ0n) is 6.46. The Labute approximate surface area is 78.8 Å². The van der Waals surface area contributed by atoms with Crippen LogP contribution in [0.15, 0.2) is 12.4 Å². The minimum absolute atomic E-state index is 0.0718. The Balaban J connectivity index is 3.27. The van der Waals surface area contributed by atoms with Crippen LogP contribution in [-0.4, -0.2) is 16.2 Å². The van der Waals surface area contributed by atoms with Gasteiger partial charge in [0, 0.05) is 18.0 Å². The number of hydrogen-bond acceptors (Lipinski definition) is 4. The first-order valence-corrected chi connectivity index (χ1v) is 3.67. The molecule has 0 aliphatic carbocycles. The van der Waals surface area contributed by atoms with Crippen molar-refractivity contribution in [3.05, 3.63) is 29.2 Å². The van der Waals surface area contributed by atoms with E-state index in [1.165, 1.54) is 0 Å². The number of hydrogen-bond donors (Lipinski definition) is 2. The fraction of sp³-hybridized carbons (Fsp3) is 0. The quantitative estimate of drug-likeness (QED) is 0.557. The standard InChI is InChI=1S/C7H6ClFN4/c8-7-12-3-5(9)6(13-7)4(1-10)2-11/h1-3,10H,11H2. The van der Waals surface area contributed by atoms with Crippen molar-refractivity contribution in [3.8, 4) is 0 Å². The largest absolute Gasteiger partial charge is 0.404 e. The van der Waals surface area contributed by atoms with Gasteiger partial charge >= 0.3 is 0 Å². The van der Waals surface area contributed by atoms with Crippen LogP contribution < -0.4 is 5.73 Å². The van der Waals surface area contributed by atoms with Gasteiger partial charge < -0.3 is 11.1 Å². The Bertz CT molecular complexity index is 364. The molecule has 6 heteroatoms. The van der Waals surface area contributed by atoms with Crippen molar-refractivity contribution in [2.24, 2.45) is 5.73 Å². The molecule has 1 rings (SSSR count). The molecular weight excluding hydrogens is 195 g/mol. The molecule has 0 bridgehead atoms. The molecule has 0 aliphatic rings. The minimum Gasteiger partial charge on any atom is -0.404 e. The van der Waals surface area contributed by atoms with Crippen molar-refractivity contribution in [3.63, 3.8) is 0 Å². The van der Waals surface area contributed by atoms with Crippen molar-refractivity contribution in [1.29, 1.82) is 5.41 Å². The first-order valence-electron chi connectivity index (χ1n) is 3.30. The molecule has 1 heterocycles. The third kappa shape index (κ3) is 2.00. The summed E-state index contributed by atoms with van der Waals surface area (Å²) < 4.78 is 13.0. The van der Waals surface area contributed by atoms with E-state index >= 15 is 0 Å². The molecule has 0 aromatic carbocycles. The summed E-state index contributed by atoms with van der Waals surface area (Å²) in [6.45, 7) is 0. The van der Waals surface area contributed by atoms with Gasteiger partial charge in [-0.1, -0.05) is 0 Å². The van der Waals surface area contributed by atoms with E-state index in [9.17, 15) is 4.39 Å². The Morgan fingerprint density at radius 2 is 2.38 bits per heavy atom. The first-order chi connectivity index (χ1) is 6.19. The second-order valence-electron chi connectivity index (χ2n) is 2.10. The molecule has 0 saturated carbocycles. The highest BCUT2D eigenvalue weighted by Gasteiger charge is 2.08. The third-order valence-electron chi connectivity index (χ3n) is 1.32. The van der Waals surface area contributed by atoms with Crippen LogP contribution in [0.5, 0.6) is 0 Å². The molecular formula is C7H6ClFN4. The van der Waals surface area contributed by atoms with Crippen LogP contribution in [0.4, 0.5) is 4.39 Å². The zero-order valence-corrected chi connectivity index (χ0v) is 7.22. The second kappa shape index (κ2) is 3.95. The highest BCUT2D eigenvalue weighted by molar-refractivity contribution is 6.28. The highest BCUT2D eigenvalue weighted by Crippen LogP contribution is 2.13. The Morgan fingerprint density at radius 1 is 1.69 bits per heavy atom. The normalized spacial score (nSPS) is 11.4. The van der Waals surface area contributed by atoms with Gasteiger partial charge in [-0.15, -0.1) is 0 Å². The number of halogens is 2. The third-order valence-corrected chi connectivity index (χ3v) is 1.51. The van der Waals surface area contributed by atoms with Crippen LogP contribution >= 0.6 is 11.6 Å². The van der Waals surface area contributed by atoms with E-state index in [1.807, 2.05) is 0 Å². The van der Waals surface area contributed by atoms with E-state index in [0.29, 0.717) is 0 Å². The number of rotatable bonds is 2. The minimum atomic E-state index is -0.662. The van der Waals surface area contributed by atoms with Gasteiger partial charge in [-0.05, 0) is 11.6 Å². The van der Waals surface area contributed by atoms with E-state index in [2.05, 4.69) is 9.97 Å². The number of allylic oxidation sites excluding steroid dienone is 1. The maximum Gasteiger partial charge on any atom is 0.223 e. The van der Waals surface area contributed by atoms with Crippen LogP contribution in [0.1, 0.15) is 5.69 Å². The fourth-order valence-electron chi connectivity index (χ4n) is 0.743. The lowest BCUT2D eigenvalue weighted by atomic mass is 10.2. The molecule has 0 atom stereocenters. The van der Waals surface area contributed by atoms with Crippen LogP contribution in [-0.2, 0) is 0 Å². The smallest absolute Gasteiger partial charge is 0.223 e. The molecule has 0 spiro atoms. The monoisotopic (exact) mass is 200 g/mol. The first kappa shape index (κ1) is 9.60. The van der Waals surface area contributed by atoms with Crippen molar-refractivity contribution in [2.75, 3.05) is 0 Å². The lowest BCUT2D eigenvalue weighted by Gasteiger charge is -2.00. The van der Waals surface area contributed by atoms with Gasteiger partial charge in [0.1, 0.15) is 5.69 Å². The molecule has 13 heavy (non-hydrogen) atoms. The van der Waals surface area contributed by atoms with Crippen LogP contribution in [0.25, 0.3) is 5.57 Å². The molecule has 68 valence electrons. The van der Waals surface area contributed by atoms with E-state index in [4.69, 9.17) is 22.7 Å². The SMILES string of the molecule is N=CC(=CN)c1nc(Cl)ncc1F. The molecule has 3 N–H and O–H groups in total. The molecule has 0 radical (unpaired) electrons. The molecule has 0 saturated heterocycles. The zero-order chi connectivity index (χ0) is 9.84. The van der Waals surface area contributed by atoms with E-state index in [-0.39, 0.29) is 16.6 Å². The van der Waals surface area contributed by atoms with Gasteiger partial charge in [-0.25, -0.2) is 14.4 Å². The molecule has 0 unspecified atom stereocenters. The Morgan fingerprint density at radius 3 is 2.92 bits per heavy atom. The number of aromatic nitrogens is 2. The molecule has 0 aliphatic heterocycles. The molecule has 0 fully saturated rings. The topological polar surface area (TPSA) is 75.7 Å². The van der Waals surface area contributed by atoms with Gasteiger partial charge in [0.05, 0.1) is 6.20 Å². The average molecular weight is 201 g/mol. The molecule has 1 aromatic rings. The summed E-state index contributed by atoms with van der Waals surface area (Å²) in [6, 6.07) is 0. The summed E-state index contributed by atoms with van der Waals surface area (Å²) in [6.07, 6.45) is 2.90. The summed E-state index contributed by atoms with van der Waals surface area (Å²) in [5, 5.41) is 6.84. The van der Waals surface area contributed by atoms with Gasteiger partial charge in [-0.2, -0.15) is 0 Å². The molecule has 1 aromatic heterocycles. The predicted molar refractivity (Wildman–Crippen MR) is 47.9 cm³/mol. The summed E-state index contributed by atoms with van der Waals surface area (Å²) in [7, 11) is 0. The van der Waals surface area contributed by atoms with Crippen molar-refractivity contribution in [2.45, 2.75) is 0 Å². The summed E-state index contributed by atoms with van der Waals surface area (Å²) in [5.74, 6) is -0.662. The van der Waals surface area contributed by atoms with Crippen LogP contribution in [0.2, 0.25) is 5.28 Å². The van der Waals surface area contributed by atoms with Crippen molar-refractivity contribution >= 4 is 23.4 Å². The maximum absolute atomic E-state index is 13.0. The molecule has 0 amide bonds. The Kier molecular flexibility index (Phi) is 2.92. The Hall–Kier alpha value is -1.49. The van der Waals surface area contributed by atoms with E-state index in [0.717, 1.165) is 18.6 Å². The van der Waals surface area contributed by atoms with Crippen molar-refractivity contribution < 1.29 is 4.39 Å². The lowest BCUT2D eigenvalue weighted by Crippen LogP contribution is -1.99. The van der Waals surface area contributed by atoms with Gasteiger partial charge in [-0.3, -0.25) is 0 Å². The number of nitrogens with two attached hydrogens (primary N) is 1. The summed E-state index contributed by atoms with van der Waals surface area (Å²) in [4.78, 5) is 7.02. The van der Waals surface area contributed by atoms with Crippen molar-refractivity contribution in [1.82, 2.24) is 9.97 Å².